The van der Waals surface area contributed by atoms with Gasteiger partial charge in [-0.25, -0.2) is 4.98 Å². The lowest BCUT2D eigenvalue weighted by molar-refractivity contribution is -0.119. The Morgan fingerprint density at radius 3 is 3.05 bits per heavy atom. The van der Waals surface area contributed by atoms with Crippen LogP contribution in [0.25, 0.3) is 0 Å². The molecule has 0 fully saturated rings. The summed E-state index contributed by atoms with van der Waals surface area (Å²) in [6.45, 7) is 1.11. The summed E-state index contributed by atoms with van der Waals surface area (Å²) in [5, 5.41) is 4.00. The van der Waals surface area contributed by atoms with Crippen LogP contribution in [0, 0.1) is 0 Å². The molecule has 1 aliphatic rings. The van der Waals surface area contributed by atoms with E-state index in [1.807, 2.05) is 24.3 Å². The molecule has 2 aromatic rings. The molecule has 0 saturated carbocycles. The molecule has 1 unspecified atom stereocenters. The third-order valence-corrected chi connectivity index (χ3v) is 3.50. The highest BCUT2D eigenvalue weighted by Gasteiger charge is 2.25. The first-order valence-electron chi connectivity index (χ1n) is 6.70. The number of amides is 1. The number of rotatable bonds is 3. The Bertz CT molecular complexity index is 595. The number of carbonyl (C=O) groups is 1. The van der Waals surface area contributed by atoms with Gasteiger partial charge in [0, 0.05) is 24.7 Å². The van der Waals surface area contributed by atoms with Crippen LogP contribution in [0.3, 0.4) is 0 Å². The molecule has 0 radical (unpaired) electrons. The second kappa shape index (κ2) is 5.42. The summed E-state index contributed by atoms with van der Waals surface area (Å²) in [5.74, 6) is 0.0723. The largest absolute Gasteiger partial charge is 0.326 e. The van der Waals surface area contributed by atoms with Crippen LogP contribution in [-0.4, -0.2) is 33.3 Å². The van der Waals surface area contributed by atoms with Crippen LogP contribution in [-0.2, 0) is 17.8 Å². The highest BCUT2D eigenvalue weighted by molar-refractivity contribution is 5.94. The quantitative estimate of drug-likeness (QED) is 0.886. The summed E-state index contributed by atoms with van der Waals surface area (Å²) in [6, 6.07) is 7.95. The van der Waals surface area contributed by atoms with Gasteiger partial charge in [-0.1, -0.05) is 18.2 Å². The van der Waals surface area contributed by atoms with Crippen molar-refractivity contribution >= 4 is 11.6 Å². The van der Waals surface area contributed by atoms with Crippen LogP contribution < -0.4 is 10.6 Å². The number of fused-ring (bicyclic) bond motifs is 1. The number of aromatic nitrogens is 3. The van der Waals surface area contributed by atoms with Gasteiger partial charge in [0.1, 0.15) is 12.7 Å². The van der Waals surface area contributed by atoms with Crippen molar-refractivity contribution in [1.82, 2.24) is 14.8 Å². The molecule has 2 heterocycles. The van der Waals surface area contributed by atoms with E-state index in [1.165, 1.54) is 6.33 Å². The van der Waals surface area contributed by atoms with Gasteiger partial charge in [0.15, 0.2) is 0 Å². The molecule has 0 saturated heterocycles. The maximum atomic E-state index is 12.4. The number of carbonyl (C=O) groups excluding carboxylic acids is 1. The van der Waals surface area contributed by atoms with E-state index in [2.05, 4.69) is 10.1 Å². The summed E-state index contributed by atoms with van der Waals surface area (Å²) in [6.07, 6.45) is 4.30. The van der Waals surface area contributed by atoms with E-state index in [9.17, 15) is 4.79 Å². The Hall–Kier alpha value is -2.21. The van der Waals surface area contributed by atoms with Crippen molar-refractivity contribution in [3.05, 3.63) is 42.5 Å². The summed E-state index contributed by atoms with van der Waals surface area (Å²) in [4.78, 5) is 18.1. The zero-order valence-electron chi connectivity index (χ0n) is 11.1. The molecule has 1 aromatic heterocycles. The fourth-order valence-corrected chi connectivity index (χ4v) is 2.56. The average molecular weight is 271 g/mol. The predicted molar refractivity (Wildman–Crippen MR) is 75.1 cm³/mol. The second-order valence-electron chi connectivity index (χ2n) is 5.01. The summed E-state index contributed by atoms with van der Waals surface area (Å²) in [5.41, 5.74) is 8.17. The van der Waals surface area contributed by atoms with Crippen molar-refractivity contribution in [3.63, 3.8) is 0 Å². The standard InChI is InChI=1S/C14H17N5O/c15-12-7-11-3-1-2-4-13(11)19(8-12)14(20)5-6-18-10-16-9-17-18/h1-4,9-10,12H,5-8,15H2. The Labute approximate surface area is 117 Å². The monoisotopic (exact) mass is 271 g/mol. The lowest BCUT2D eigenvalue weighted by atomic mass is 9.98. The number of benzene rings is 1. The normalized spacial score (nSPS) is 17.9. The summed E-state index contributed by atoms with van der Waals surface area (Å²) < 4.78 is 1.66. The molecule has 1 atom stereocenters. The number of nitrogens with two attached hydrogens (primary N) is 1. The van der Waals surface area contributed by atoms with Crippen molar-refractivity contribution < 1.29 is 4.79 Å². The molecule has 6 heteroatoms. The fourth-order valence-electron chi connectivity index (χ4n) is 2.56. The third-order valence-electron chi connectivity index (χ3n) is 3.50. The molecule has 3 rings (SSSR count). The van der Waals surface area contributed by atoms with Crippen LogP contribution in [0.1, 0.15) is 12.0 Å². The molecular weight excluding hydrogens is 254 g/mol. The van der Waals surface area contributed by atoms with Crippen molar-refractivity contribution in [2.24, 2.45) is 5.73 Å². The minimum absolute atomic E-state index is 0.000204. The minimum Gasteiger partial charge on any atom is -0.326 e. The first-order valence-corrected chi connectivity index (χ1v) is 6.70. The number of para-hydroxylation sites is 1. The van der Waals surface area contributed by atoms with Gasteiger partial charge in [-0.2, -0.15) is 5.10 Å². The molecule has 0 spiro atoms. The molecule has 20 heavy (non-hydrogen) atoms. The molecule has 1 aromatic carbocycles. The van der Waals surface area contributed by atoms with E-state index in [4.69, 9.17) is 5.73 Å². The SMILES string of the molecule is NC1Cc2ccccc2N(C(=O)CCn2cncn2)C1. The van der Waals surface area contributed by atoms with Crippen molar-refractivity contribution in [2.75, 3.05) is 11.4 Å². The molecule has 1 aliphatic heterocycles. The Morgan fingerprint density at radius 2 is 2.25 bits per heavy atom. The molecular formula is C14H17N5O. The van der Waals surface area contributed by atoms with E-state index in [0.29, 0.717) is 19.5 Å². The fraction of sp³-hybridized carbons (Fsp3) is 0.357. The lowest BCUT2D eigenvalue weighted by Gasteiger charge is -2.33. The van der Waals surface area contributed by atoms with Gasteiger partial charge in [-0.3, -0.25) is 9.48 Å². The van der Waals surface area contributed by atoms with Gasteiger partial charge in [0.2, 0.25) is 5.91 Å². The Kier molecular flexibility index (Phi) is 3.47. The van der Waals surface area contributed by atoms with Crippen LogP contribution in [0.5, 0.6) is 0 Å². The van der Waals surface area contributed by atoms with Gasteiger partial charge < -0.3 is 10.6 Å². The van der Waals surface area contributed by atoms with Crippen LogP contribution in [0.15, 0.2) is 36.9 Å². The molecule has 1 amide bonds. The van der Waals surface area contributed by atoms with E-state index in [0.717, 1.165) is 17.7 Å². The number of aryl methyl sites for hydroxylation is 1. The molecule has 6 nitrogen and oxygen atoms in total. The molecule has 2 N–H and O–H groups in total. The number of nitrogens with zero attached hydrogens (tertiary/aromatic N) is 4. The zero-order chi connectivity index (χ0) is 13.9. The maximum Gasteiger partial charge on any atom is 0.228 e. The second-order valence-corrected chi connectivity index (χ2v) is 5.01. The topological polar surface area (TPSA) is 77.0 Å². The van der Waals surface area contributed by atoms with Gasteiger partial charge in [-0.15, -0.1) is 0 Å². The van der Waals surface area contributed by atoms with Gasteiger partial charge in [-0.05, 0) is 18.1 Å². The Balaban J connectivity index is 1.74. The maximum absolute atomic E-state index is 12.4. The first kappa shape index (κ1) is 12.8. The van der Waals surface area contributed by atoms with E-state index in [1.54, 1.807) is 15.9 Å². The average Bonchev–Trinajstić information content (AvgIpc) is 2.97. The van der Waals surface area contributed by atoms with E-state index >= 15 is 0 Å². The summed E-state index contributed by atoms with van der Waals surface area (Å²) in [7, 11) is 0. The van der Waals surface area contributed by atoms with Crippen molar-refractivity contribution in [1.29, 1.82) is 0 Å². The lowest BCUT2D eigenvalue weighted by Crippen LogP contribution is -2.46. The highest BCUT2D eigenvalue weighted by Crippen LogP contribution is 2.26. The van der Waals surface area contributed by atoms with Gasteiger partial charge >= 0.3 is 0 Å². The van der Waals surface area contributed by atoms with Crippen LogP contribution in [0.4, 0.5) is 5.69 Å². The molecule has 104 valence electrons. The van der Waals surface area contributed by atoms with E-state index in [-0.39, 0.29) is 11.9 Å². The first-order chi connectivity index (χ1) is 9.74. The van der Waals surface area contributed by atoms with Gasteiger partial charge in [0.25, 0.3) is 0 Å². The van der Waals surface area contributed by atoms with Gasteiger partial charge in [0.05, 0.1) is 6.54 Å². The predicted octanol–water partition coefficient (Wildman–Crippen LogP) is 0.585. The van der Waals surface area contributed by atoms with Crippen molar-refractivity contribution in [2.45, 2.75) is 25.4 Å². The number of anilines is 1. The van der Waals surface area contributed by atoms with Crippen LogP contribution in [0.2, 0.25) is 0 Å². The minimum atomic E-state index is 0.000204. The number of hydrogen-bond donors (Lipinski definition) is 1. The zero-order valence-corrected chi connectivity index (χ0v) is 11.1. The Morgan fingerprint density at radius 1 is 1.40 bits per heavy atom. The third kappa shape index (κ3) is 2.55. The molecule has 0 aliphatic carbocycles. The smallest absolute Gasteiger partial charge is 0.228 e. The van der Waals surface area contributed by atoms with Crippen LogP contribution >= 0.6 is 0 Å². The number of hydrogen-bond acceptors (Lipinski definition) is 4. The van der Waals surface area contributed by atoms with E-state index < -0.39 is 0 Å². The highest BCUT2D eigenvalue weighted by atomic mass is 16.2. The van der Waals surface area contributed by atoms with Crippen molar-refractivity contribution in [3.8, 4) is 0 Å². The summed E-state index contributed by atoms with van der Waals surface area (Å²) >= 11 is 0. The molecule has 0 bridgehead atoms.